The molecular formula is C24H25N3O6. The second-order valence-electron chi connectivity index (χ2n) is 8.17. The summed E-state index contributed by atoms with van der Waals surface area (Å²) in [5.41, 5.74) is 4.27. The molecule has 9 nitrogen and oxygen atoms in total. The highest BCUT2D eigenvalue weighted by molar-refractivity contribution is 5.89. The van der Waals surface area contributed by atoms with E-state index in [9.17, 15) is 24.3 Å². The molecule has 172 valence electrons. The summed E-state index contributed by atoms with van der Waals surface area (Å²) in [5.74, 6) is -2.11. The second kappa shape index (κ2) is 9.72. The Kier molecular flexibility index (Phi) is 6.58. The maximum Gasteiger partial charge on any atom is 0.407 e. The summed E-state index contributed by atoms with van der Waals surface area (Å²) in [6, 6.07) is 14.2. The summed E-state index contributed by atoms with van der Waals surface area (Å²) >= 11 is 0. The van der Waals surface area contributed by atoms with Crippen LogP contribution in [0.15, 0.2) is 48.5 Å². The summed E-state index contributed by atoms with van der Waals surface area (Å²) in [4.78, 5) is 47.6. The van der Waals surface area contributed by atoms with Crippen LogP contribution in [-0.2, 0) is 19.1 Å². The Bertz CT molecular complexity index is 1030. The quantitative estimate of drug-likeness (QED) is 0.507. The predicted octanol–water partition coefficient (Wildman–Crippen LogP) is 1.76. The molecule has 1 aliphatic heterocycles. The smallest absolute Gasteiger partial charge is 0.407 e. The number of hydrogen-bond acceptors (Lipinski definition) is 5. The maximum absolute atomic E-state index is 12.6. The Labute approximate surface area is 190 Å². The van der Waals surface area contributed by atoms with Gasteiger partial charge in [-0.3, -0.25) is 14.4 Å². The molecule has 1 heterocycles. The molecule has 33 heavy (non-hydrogen) atoms. The molecule has 2 aromatic rings. The highest BCUT2D eigenvalue weighted by atomic mass is 16.5. The molecule has 0 radical (unpaired) electrons. The van der Waals surface area contributed by atoms with Crippen molar-refractivity contribution in [2.75, 3.05) is 13.2 Å². The number of ether oxygens (including phenoxy) is 1. The average Bonchev–Trinajstić information content (AvgIpc) is 3.12. The first-order chi connectivity index (χ1) is 15.9. The minimum Gasteiger partial charge on any atom is -0.481 e. The van der Waals surface area contributed by atoms with Gasteiger partial charge in [0.1, 0.15) is 12.6 Å². The van der Waals surface area contributed by atoms with Gasteiger partial charge in [0, 0.05) is 24.9 Å². The van der Waals surface area contributed by atoms with Crippen molar-refractivity contribution in [3.05, 3.63) is 59.7 Å². The fourth-order valence-corrected chi connectivity index (χ4v) is 4.32. The number of fused-ring (bicyclic) bond motifs is 3. The number of piperidine rings is 1. The highest BCUT2D eigenvalue weighted by Crippen LogP contribution is 2.44. The van der Waals surface area contributed by atoms with Crippen molar-refractivity contribution in [1.82, 2.24) is 16.0 Å². The molecule has 0 bridgehead atoms. The van der Waals surface area contributed by atoms with E-state index in [-0.39, 0.29) is 37.4 Å². The molecule has 0 saturated carbocycles. The molecule has 4 rings (SSSR count). The largest absolute Gasteiger partial charge is 0.481 e. The third-order valence-corrected chi connectivity index (χ3v) is 5.94. The Morgan fingerprint density at radius 1 is 1.06 bits per heavy atom. The maximum atomic E-state index is 12.6. The van der Waals surface area contributed by atoms with Crippen LogP contribution in [0.4, 0.5) is 4.79 Å². The standard InChI is InChI=1S/C24H25N3O6/c28-21-10-9-14(12-25-21)26-23(31)20(11-22(29)30)27-24(32)33-13-19-17-7-3-1-5-15(17)16-6-2-4-8-18(16)19/h1-8,14,19-20H,9-13H2,(H,25,28)(H,26,31)(H,27,32)(H,29,30). The number of benzene rings is 2. The second-order valence-corrected chi connectivity index (χ2v) is 8.17. The van der Waals surface area contributed by atoms with Crippen LogP contribution in [0.3, 0.4) is 0 Å². The van der Waals surface area contributed by atoms with Crippen molar-refractivity contribution in [1.29, 1.82) is 0 Å². The Hall–Kier alpha value is -3.88. The van der Waals surface area contributed by atoms with Crippen LogP contribution < -0.4 is 16.0 Å². The van der Waals surface area contributed by atoms with Gasteiger partial charge in [0.25, 0.3) is 0 Å². The lowest BCUT2D eigenvalue weighted by atomic mass is 9.98. The van der Waals surface area contributed by atoms with E-state index in [2.05, 4.69) is 16.0 Å². The first-order valence-corrected chi connectivity index (χ1v) is 10.8. The molecule has 1 aliphatic carbocycles. The molecule has 0 aromatic heterocycles. The normalized spacial score (nSPS) is 17.8. The third kappa shape index (κ3) is 5.14. The number of carboxylic acid groups (broad SMARTS) is 1. The van der Waals surface area contributed by atoms with Crippen LogP contribution in [0.2, 0.25) is 0 Å². The zero-order valence-electron chi connectivity index (χ0n) is 17.9. The van der Waals surface area contributed by atoms with Gasteiger partial charge in [-0.1, -0.05) is 48.5 Å². The minimum absolute atomic E-state index is 0.0515. The van der Waals surface area contributed by atoms with E-state index < -0.39 is 30.4 Å². The number of rotatable bonds is 7. The van der Waals surface area contributed by atoms with Crippen molar-refractivity contribution in [3.63, 3.8) is 0 Å². The van der Waals surface area contributed by atoms with Gasteiger partial charge in [0.2, 0.25) is 11.8 Å². The number of aliphatic carboxylic acids is 1. The van der Waals surface area contributed by atoms with Crippen LogP contribution in [-0.4, -0.2) is 54.2 Å². The van der Waals surface area contributed by atoms with Crippen molar-refractivity contribution < 1.29 is 29.0 Å². The van der Waals surface area contributed by atoms with E-state index in [1.807, 2.05) is 48.5 Å². The van der Waals surface area contributed by atoms with Crippen molar-refractivity contribution in [3.8, 4) is 11.1 Å². The van der Waals surface area contributed by atoms with Crippen LogP contribution >= 0.6 is 0 Å². The summed E-state index contributed by atoms with van der Waals surface area (Å²) in [5, 5.41) is 16.9. The average molecular weight is 451 g/mol. The minimum atomic E-state index is -1.30. The molecule has 1 fully saturated rings. The van der Waals surface area contributed by atoms with E-state index in [0.29, 0.717) is 6.42 Å². The molecular weight excluding hydrogens is 426 g/mol. The van der Waals surface area contributed by atoms with Crippen molar-refractivity contribution >= 4 is 23.9 Å². The molecule has 2 atom stereocenters. The monoisotopic (exact) mass is 451 g/mol. The summed E-state index contributed by atoms with van der Waals surface area (Å²) < 4.78 is 5.43. The van der Waals surface area contributed by atoms with E-state index in [1.165, 1.54) is 0 Å². The molecule has 2 unspecified atom stereocenters. The summed E-state index contributed by atoms with van der Waals surface area (Å²) in [6.45, 7) is 0.311. The Balaban J connectivity index is 1.38. The number of amides is 3. The lowest BCUT2D eigenvalue weighted by molar-refractivity contribution is -0.140. The van der Waals surface area contributed by atoms with Gasteiger partial charge in [-0.2, -0.15) is 0 Å². The first-order valence-electron chi connectivity index (χ1n) is 10.8. The van der Waals surface area contributed by atoms with Crippen LogP contribution in [0, 0.1) is 0 Å². The van der Waals surface area contributed by atoms with Gasteiger partial charge < -0.3 is 25.8 Å². The zero-order chi connectivity index (χ0) is 23.4. The Morgan fingerprint density at radius 3 is 2.27 bits per heavy atom. The van der Waals surface area contributed by atoms with Gasteiger partial charge in [0.15, 0.2) is 0 Å². The van der Waals surface area contributed by atoms with Gasteiger partial charge in [-0.25, -0.2) is 4.79 Å². The number of alkyl carbamates (subject to hydrolysis) is 1. The summed E-state index contributed by atoms with van der Waals surface area (Å²) in [6.07, 6.45) is -0.735. The van der Waals surface area contributed by atoms with Crippen LogP contribution in [0.25, 0.3) is 11.1 Å². The SMILES string of the molecule is O=C(O)CC(NC(=O)OCC1c2ccccc2-c2ccccc21)C(=O)NC1CCC(=O)NC1. The highest BCUT2D eigenvalue weighted by Gasteiger charge is 2.31. The molecule has 3 amide bonds. The van der Waals surface area contributed by atoms with Gasteiger partial charge >= 0.3 is 12.1 Å². The number of hydrogen-bond donors (Lipinski definition) is 4. The van der Waals surface area contributed by atoms with Crippen molar-refractivity contribution in [2.24, 2.45) is 0 Å². The molecule has 1 saturated heterocycles. The summed E-state index contributed by atoms with van der Waals surface area (Å²) in [7, 11) is 0. The number of carbonyl (C=O) groups excluding carboxylic acids is 3. The fraction of sp³-hybridized carbons (Fsp3) is 0.333. The molecule has 0 spiro atoms. The zero-order valence-corrected chi connectivity index (χ0v) is 17.9. The van der Waals surface area contributed by atoms with Gasteiger partial charge in [0.05, 0.1) is 6.42 Å². The molecule has 2 aliphatic rings. The van der Waals surface area contributed by atoms with E-state index in [1.54, 1.807) is 0 Å². The predicted molar refractivity (Wildman–Crippen MR) is 118 cm³/mol. The van der Waals surface area contributed by atoms with E-state index in [4.69, 9.17) is 4.74 Å². The first kappa shape index (κ1) is 22.3. The van der Waals surface area contributed by atoms with Gasteiger partial charge in [-0.05, 0) is 28.7 Å². The number of carboxylic acids is 1. The van der Waals surface area contributed by atoms with E-state index in [0.717, 1.165) is 22.3 Å². The topological polar surface area (TPSA) is 134 Å². The third-order valence-electron chi connectivity index (χ3n) is 5.94. The molecule has 2 aromatic carbocycles. The lowest BCUT2D eigenvalue weighted by Gasteiger charge is -2.26. The van der Waals surface area contributed by atoms with Crippen molar-refractivity contribution in [2.45, 2.75) is 37.3 Å². The van der Waals surface area contributed by atoms with Crippen LogP contribution in [0.1, 0.15) is 36.3 Å². The Morgan fingerprint density at radius 2 is 1.70 bits per heavy atom. The molecule has 9 heteroatoms. The van der Waals surface area contributed by atoms with E-state index >= 15 is 0 Å². The molecule has 4 N–H and O–H groups in total. The van der Waals surface area contributed by atoms with Gasteiger partial charge in [-0.15, -0.1) is 0 Å². The lowest BCUT2D eigenvalue weighted by Crippen LogP contribution is -2.54. The number of nitrogens with one attached hydrogen (secondary N) is 3. The van der Waals surface area contributed by atoms with Crippen LogP contribution in [0.5, 0.6) is 0 Å². The fourth-order valence-electron chi connectivity index (χ4n) is 4.32. The number of carbonyl (C=O) groups is 4.